The Kier molecular flexibility index (Phi) is 4.94. The fourth-order valence-corrected chi connectivity index (χ4v) is 3.08. The molecule has 0 unspecified atom stereocenters. The van der Waals surface area contributed by atoms with Crippen LogP contribution in [0.25, 0.3) is 0 Å². The smallest absolute Gasteiger partial charge is 0.312 e. The molecule has 0 aromatic heterocycles. The number of nitro groups is 1. The summed E-state index contributed by atoms with van der Waals surface area (Å²) in [5.74, 6) is 0.832. The highest BCUT2D eigenvalue weighted by Gasteiger charge is 2.20. The van der Waals surface area contributed by atoms with Gasteiger partial charge in [0.1, 0.15) is 5.75 Å². The summed E-state index contributed by atoms with van der Waals surface area (Å²) in [4.78, 5) is 10.5. The van der Waals surface area contributed by atoms with Gasteiger partial charge in [0.2, 0.25) is 5.75 Å². The Hall–Kier alpha value is -2.41. The van der Waals surface area contributed by atoms with E-state index in [0.29, 0.717) is 11.7 Å². The van der Waals surface area contributed by atoms with Gasteiger partial charge in [0.05, 0.1) is 9.82 Å². The van der Waals surface area contributed by atoms with Gasteiger partial charge in [-0.15, -0.1) is 0 Å². The second-order valence-corrected chi connectivity index (χ2v) is 7.95. The van der Waals surface area contributed by atoms with E-state index in [2.05, 4.69) is 13.8 Å². The van der Waals surface area contributed by atoms with Crippen LogP contribution in [0.4, 0.5) is 5.69 Å². The third-order valence-corrected chi connectivity index (χ3v) is 4.76. The molecule has 0 spiro atoms. The van der Waals surface area contributed by atoms with Crippen LogP contribution in [0.3, 0.4) is 0 Å². The van der Waals surface area contributed by atoms with Gasteiger partial charge in [-0.05, 0) is 48.2 Å². The molecule has 7 heteroatoms. The van der Waals surface area contributed by atoms with Gasteiger partial charge in [0.15, 0.2) is 9.84 Å². The van der Waals surface area contributed by atoms with Crippen LogP contribution in [0.2, 0.25) is 0 Å². The summed E-state index contributed by atoms with van der Waals surface area (Å²) >= 11 is 0. The maximum atomic E-state index is 11.6. The molecule has 0 bridgehead atoms. The van der Waals surface area contributed by atoms with Crippen molar-refractivity contribution in [2.75, 3.05) is 6.26 Å². The Morgan fingerprint density at radius 2 is 1.79 bits per heavy atom. The van der Waals surface area contributed by atoms with E-state index in [1.807, 2.05) is 19.1 Å². The van der Waals surface area contributed by atoms with Gasteiger partial charge in [0.25, 0.3) is 0 Å². The number of nitro benzene ring substituents is 1. The molecule has 0 heterocycles. The van der Waals surface area contributed by atoms with Gasteiger partial charge in [-0.25, -0.2) is 8.42 Å². The zero-order valence-electron chi connectivity index (χ0n) is 13.9. The minimum absolute atomic E-state index is 0.00379. The van der Waals surface area contributed by atoms with E-state index in [9.17, 15) is 18.5 Å². The Morgan fingerprint density at radius 1 is 1.12 bits per heavy atom. The van der Waals surface area contributed by atoms with Gasteiger partial charge in [-0.3, -0.25) is 10.1 Å². The van der Waals surface area contributed by atoms with Gasteiger partial charge in [-0.2, -0.15) is 0 Å². The molecule has 6 nitrogen and oxygen atoms in total. The van der Waals surface area contributed by atoms with Crippen LogP contribution in [-0.2, 0) is 9.84 Å². The molecular formula is C17H19NO5S. The highest BCUT2D eigenvalue weighted by atomic mass is 32.2. The lowest BCUT2D eigenvalue weighted by atomic mass is 9.98. The molecule has 0 atom stereocenters. The number of nitrogens with zero attached hydrogens (tertiary/aromatic N) is 1. The molecule has 0 aliphatic carbocycles. The van der Waals surface area contributed by atoms with Crippen LogP contribution in [0.1, 0.15) is 30.9 Å². The SMILES string of the molecule is Cc1cc(Oc2ccc(S(C)(=O)=O)cc2[N+](=O)[O-])ccc1C(C)C. The van der Waals surface area contributed by atoms with Gasteiger partial charge in [0, 0.05) is 12.3 Å². The molecule has 0 amide bonds. The lowest BCUT2D eigenvalue weighted by Crippen LogP contribution is -2.00. The van der Waals surface area contributed by atoms with Crippen LogP contribution in [0, 0.1) is 17.0 Å². The zero-order chi connectivity index (χ0) is 18.1. The van der Waals surface area contributed by atoms with Crippen molar-refractivity contribution < 1.29 is 18.1 Å². The van der Waals surface area contributed by atoms with Crippen molar-refractivity contribution in [3.8, 4) is 11.5 Å². The molecular weight excluding hydrogens is 330 g/mol. The van der Waals surface area contributed by atoms with E-state index in [-0.39, 0.29) is 16.3 Å². The lowest BCUT2D eigenvalue weighted by Gasteiger charge is -2.12. The van der Waals surface area contributed by atoms with E-state index in [4.69, 9.17) is 4.74 Å². The Morgan fingerprint density at radius 3 is 2.29 bits per heavy atom. The fourth-order valence-electron chi connectivity index (χ4n) is 2.44. The first-order valence-electron chi connectivity index (χ1n) is 7.36. The topological polar surface area (TPSA) is 86.5 Å². The predicted molar refractivity (Wildman–Crippen MR) is 91.5 cm³/mol. The van der Waals surface area contributed by atoms with Crippen LogP contribution in [0.5, 0.6) is 11.5 Å². The fraction of sp³-hybridized carbons (Fsp3) is 0.294. The van der Waals surface area contributed by atoms with Crippen molar-refractivity contribution in [1.29, 1.82) is 0 Å². The number of rotatable bonds is 5. The summed E-state index contributed by atoms with van der Waals surface area (Å²) in [6.45, 7) is 6.11. The van der Waals surface area contributed by atoms with Crippen LogP contribution < -0.4 is 4.74 Å². The van der Waals surface area contributed by atoms with Crippen molar-refractivity contribution in [2.24, 2.45) is 0 Å². The van der Waals surface area contributed by atoms with Crippen molar-refractivity contribution in [2.45, 2.75) is 31.6 Å². The molecule has 0 radical (unpaired) electrons. The maximum Gasteiger partial charge on any atom is 0.312 e. The Labute approximate surface area is 141 Å². The number of hydrogen-bond donors (Lipinski definition) is 0. The number of ether oxygens (including phenoxy) is 1. The van der Waals surface area contributed by atoms with Crippen molar-refractivity contribution in [1.82, 2.24) is 0 Å². The molecule has 2 aromatic rings. The highest BCUT2D eigenvalue weighted by Crippen LogP contribution is 2.34. The van der Waals surface area contributed by atoms with E-state index in [1.54, 1.807) is 6.07 Å². The highest BCUT2D eigenvalue weighted by molar-refractivity contribution is 7.90. The minimum Gasteiger partial charge on any atom is -0.450 e. The van der Waals surface area contributed by atoms with Crippen LogP contribution >= 0.6 is 0 Å². The van der Waals surface area contributed by atoms with Crippen LogP contribution in [0.15, 0.2) is 41.3 Å². The van der Waals surface area contributed by atoms with E-state index >= 15 is 0 Å². The molecule has 0 fully saturated rings. The molecule has 0 aliphatic rings. The van der Waals surface area contributed by atoms with Crippen molar-refractivity contribution in [3.05, 3.63) is 57.6 Å². The number of aryl methyl sites for hydroxylation is 1. The monoisotopic (exact) mass is 349 g/mol. The maximum absolute atomic E-state index is 11.6. The minimum atomic E-state index is -3.53. The standard InChI is InChI=1S/C17H19NO5S/c1-11(2)15-7-5-13(9-12(15)3)23-17-8-6-14(24(4,21)22)10-16(17)18(19)20/h5-11H,1-4H3. The van der Waals surface area contributed by atoms with Gasteiger partial charge < -0.3 is 4.74 Å². The summed E-state index contributed by atoms with van der Waals surface area (Å²) in [7, 11) is -3.53. The first-order valence-corrected chi connectivity index (χ1v) is 9.25. The number of sulfone groups is 1. The largest absolute Gasteiger partial charge is 0.450 e. The van der Waals surface area contributed by atoms with Gasteiger partial charge in [-0.1, -0.05) is 19.9 Å². The van der Waals surface area contributed by atoms with Crippen molar-refractivity contribution >= 4 is 15.5 Å². The molecule has 2 rings (SSSR count). The van der Waals surface area contributed by atoms with Gasteiger partial charge >= 0.3 is 5.69 Å². The first-order chi connectivity index (χ1) is 11.1. The summed E-state index contributed by atoms with van der Waals surface area (Å²) in [5, 5.41) is 11.2. The Balaban J connectivity index is 2.43. The first kappa shape index (κ1) is 17.9. The lowest BCUT2D eigenvalue weighted by molar-refractivity contribution is -0.385. The molecule has 0 saturated heterocycles. The number of benzene rings is 2. The van der Waals surface area contributed by atoms with Crippen molar-refractivity contribution in [3.63, 3.8) is 0 Å². The second kappa shape index (κ2) is 6.60. The normalized spacial score (nSPS) is 11.5. The summed E-state index contributed by atoms with van der Waals surface area (Å²) in [6.07, 6.45) is 1.00. The van der Waals surface area contributed by atoms with E-state index in [1.165, 1.54) is 17.7 Å². The van der Waals surface area contributed by atoms with E-state index < -0.39 is 14.8 Å². The predicted octanol–water partition coefficient (Wildman–Crippen LogP) is 4.22. The average molecular weight is 349 g/mol. The quantitative estimate of drug-likeness (QED) is 0.596. The molecule has 24 heavy (non-hydrogen) atoms. The third-order valence-electron chi connectivity index (χ3n) is 3.65. The van der Waals surface area contributed by atoms with E-state index in [0.717, 1.165) is 17.9 Å². The molecule has 0 saturated carbocycles. The van der Waals surface area contributed by atoms with Crippen LogP contribution in [-0.4, -0.2) is 19.6 Å². The molecule has 128 valence electrons. The average Bonchev–Trinajstić information content (AvgIpc) is 2.45. The summed E-state index contributed by atoms with van der Waals surface area (Å²) in [6, 6.07) is 9.10. The molecule has 2 aromatic carbocycles. The summed E-state index contributed by atoms with van der Waals surface area (Å²) in [5.41, 5.74) is 1.81. The zero-order valence-corrected chi connectivity index (χ0v) is 14.8. The third kappa shape index (κ3) is 3.91. The molecule has 0 aliphatic heterocycles. The Bertz CT molecular complexity index is 888. The molecule has 0 N–H and O–H groups in total. The number of hydrogen-bond acceptors (Lipinski definition) is 5. The second-order valence-electron chi connectivity index (χ2n) is 5.93. The summed E-state index contributed by atoms with van der Waals surface area (Å²) < 4.78 is 28.7.